The Morgan fingerprint density at radius 1 is 0.962 bits per heavy atom. The highest BCUT2D eigenvalue weighted by Gasteiger charge is 2.26. The van der Waals surface area contributed by atoms with E-state index in [1.807, 2.05) is 20.8 Å². The van der Waals surface area contributed by atoms with Gasteiger partial charge >= 0.3 is 6.09 Å². The van der Waals surface area contributed by atoms with Gasteiger partial charge in [0.25, 0.3) is 0 Å². The summed E-state index contributed by atoms with van der Waals surface area (Å²) in [5.74, 6) is 0. The first-order valence-electron chi connectivity index (χ1n) is 9.01. The van der Waals surface area contributed by atoms with Crippen molar-refractivity contribution in [3.8, 4) is 0 Å². The third kappa shape index (κ3) is 6.16. The van der Waals surface area contributed by atoms with Crippen LogP contribution < -0.4 is 0 Å². The molecule has 0 spiro atoms. The predicted molar refractivity (Wildman–Crippen MR) is 113 cm³/mol. The molecular weight excluding hydrogens is 364 g/mol. The third-order valence-corrected chi connectivity index (χ3v) is 5.56. The van der Waals surface area contributed by atoms with Crippen molar-refractivity contribution < 1.29 is 9.53 Å². The maximum Gasteiger partial charge on any atom is 0.410 e. The number of nitrogens with zero attached hydrogens (tertiary/aromatic N) is 2. The standard InChI is InChI=1S/C20H30N2O2S2/c1-19(2,3)15-7-9-16(10-8-15)26-18(25)22-13-11-21(12-14-22)17(23)24-20(4,5)6/h7-10H,11-14H2,1-6H3. The quantitative estimate of drug-likeness (QED) is 0.499. The first kappa shape index (κ1) is 21.0. The molecule has 4 nitrogen and oxygen atoms in total. The second kappa shape index (κ2) is 8.17. The van der Waals surface area contributed by atoms with Gasteiger partial charge in [0, 0.05) is 31.1 Å². The van der Waals surface area contributed by atoms with Gasteiger partial charge in [-0.25, -0.2) is 4.79 Å². The van der Waals surface area contributed by atoms with E-state index in [9.17, 15) is 4.79 Å². The number of amides is 1. The normalized spacial score (nSPS) is 15.8. The maximum atomic E-state index is 12.1. The first-order valence-corrected chi connectivity index (χ1v) is 10.2. The molecule has 0 radical (unpaired) electrons. The summed E-state index contributed by atoms with van der Waals surface area (Å²) < 4.78 is 6.30. The van der Waals surface area contributed by atoms with Crippen LogP contribution in [0.4, 0.5) is 4.79 Å². The van der Waals surface area contributed by atoms with Crippen molar-refractivity contribution >= 4 is 34.4 Å². The molecule has 0 aromatic heterocycles. The van der Waals surface area contributed by atoms with Crippen LogP contribution in [0.15, 0.2) is 29.2 Å². The summed E-state index contributed by atoms with van der Waals surface area (Å²) in [6, 6.07) is 8.61. The highest BCUT2D eigenvalue weighted by Crippen LogP contribution is 2.27. The predicted octanol–water partition coefficient (Wildman–Crippen LogP) is 4.91. The molecule has 0 atom stereocenters. The van der Waals surface area contributed by atoms with Crippen molar-refractivity contribution in [2.24, 2.45) is 0 Å². The Hall–Kier alpha value is -1.27. The first-order chi connectivity index (χ1) is 12.0. The summed E-state index contributed by atoms with van der Waals surface area (Å²) >= 11 is 7.22. The lowest BCUT2D eigenvalue weighted by Gasteiger charge is -2.36. The van der Waals surface area contributed by atoms with Crippen LogP contribution in [0.3, 0.4) is 0 Å². The number of thioether (sulfide) groups is 1. The number of benzene rings is 1. The summed E-state index contributed by atoms with van der Waals surface area (Å²) in [7, 11) is 0. The zero-order chi connectivity index (χ0) is 19.5. The second-order valence-electron chi connectivity index (χ2n) is 8.60. The lowest BCUT2D eigenvalue weighted by atomic mass is 9.87. The molecule has 0 bridgehead atoms. The molecule has 1 amide bonds. The molecule has 144 valence electrons. The van der Waals surface area contributed by atoms with Gasteiger partial charge in [0.05, 0.1) is 0 Å². The summed E-state index contributed by atoms with van der Waals surface area (Å²) in [6.45, 7) is 15.1. The monoisotopic (exact) mass is 394 g/mol. The zero-order valence-corrected chi connectivity index (χ0v) is 18.3. The van der Waals surface area contributed by atoms with Crippen molar-refractivity contribution in [1.82, 2.24) is 9.80 Å². The number of thiocarbonyl (C=S) groups is 1. The molecule has 1 heterocycles. The van der Waals surface area contributed by atoms with Gasteiger partial charge in [-0.3, -0.25) is 0 Å². The Morgan fingerprint density at radius 2 is 1.46 bits per heavy atom. The molecule has 0 unspecified atom stereocenters. The van der Waals surface area contributed by atoms with Crippen molar-refractivity contribution in [2.45, 2.75) is 57.5 Å². The maximum absolute atomic E-state index is 12.1. The number of ether oxygens (including phenoxy) is 1. The van der Waals surface area contributed by atoms with Gasteiger partial charge < -0.3 is 14.5 Å². The lowest BCUT2D eigenvalue weighted by Crippen LogP contribution is -2.50. The lowest BCUT2D eigenvalue weighted by molar-refractivity contribution is 0.0189. The third-order valence-electron chi connectivity index (χ3n) is 4.12. The fourth-order valence-electron chi connectivity index (χ4n) is 2.59. The molecule has 26 heavy (non-hydrogen) atoms. The van der Waals surface area contributed by atoms with E-state index in [-0.39, 0.29) is 11.5 Å². The number of hydrogen-bond acceptors (Lipinski definition) is 4. The van der Waals surface area contributed by atoms with E-state index < -0.39 is 5.60 Å². The van der Waals surface area contributed by atoms with Crippen molar-refractivity contribution in [2.75, 3.05) is 26.2 Å². The Morgan fingerprint density at radius 3 is 1.92 bits per heavy atom. The fourth-order valence-corrected chi connectivity index (χ4v) is 3.84. The van der Waals surface area contributed by atoms with Gasteiger partial charge in [0.1, 0.15) is 9.92 Å². The van der Waals surface area contributed by atoms with E-state index in [4.69, 9.17) is 17.0 Å². The van der Waals surface area contributed by atoms with E-state index in [0.29, 0.717) is 13.1 Å². The van der Waals surface area contributed by atoms with Crippen LogP contribution >= 0.6 is 24.0 Å². The molecular formula is C20H30N2O2S2. The van der Waals surface area contributed by atoms with Gasteiger partial charge in [-0.05, 0) is 43.9 Å². The van der Waals surface area contributed by atoms with Crippen LogP contribution in [-0.2, 0) is 10.2 Å². The molecule has 0 N–H and O–H groups in total. The van der Waals surface area contributed by atoms with Crippen molar-refractivity contribution in [3.63, 3.8) is 0 Å². The van der Waals surface area contributed by atoms with Crippen molar-refractivity contribution in [1.29, 1.82) is 0 Å². The molecule has 1 aliphatic heterocycles. The fraction of sp³-hybridized carbons (Fsp3) is 0.600. The number of hydrogen-bond donors (Lipinski definition) is 0. The molecule has 0 saturated carbocycles. The largest absolute Gasteiger partial charge is 0.444 e. The highest BCUT2D eigenvalue weighted by molar-refractivity contribution is 8.22. The number of carbonyl (C=O) groups excluding carboxylic acids is 1. The Balaban J connectivity index is 1.86. The minimum Gasteiger partial charge on any atom is -0.444 e. The van der Waals surface area contributed by atoms with Gasteiger partial charge in [-0.1, -0.05) is 56.9 Å². The highest BCUT2D eigenvalue weighted by atomic mass is 32.2. The molecule has 1 fully saturated rings. The number of carbonyl (C=O) groups is 1. The van der Waals surface area contributed by atoms with E-state index in [0.717, 1.165) is 22.3 Å². The van der Waals surface area contributed by atoms with E-state index in [1.54, 1.807) is 16.7 Å². The van der Waals surface area contributed by atoms with Crippen LogP contribution in [0.25, 0.3) is 0 Å². The van der Waals surface area contributed by atoms with E-state index in [2.05, 4.69) is 49.9 Å². The topological polar surface area (TPSA) is 32.8 Å². The summed E-state index contributed by atoms with van der Waals surface area (Å²) in [5.41, 5.74) is 1.01. The van der Waals surface area contributed by atoms with Gasteiger partial charge in [0.2, 0.25) is 0 Å². The SMILES string of the molecule is CC(C)(C)OC(=O)N1CCN(C(=S)Sc2ccc(C(C)(C)C)cc2)CC1. The molecule has 1 saturated heterocycles. The van der Waals surface area contributed by atoms with Crippen molar-refractivity contribution in [3.05, 3.63) is 29.8 Å². The van der Waals surface area contributed by atoms with Gasteiger partial charge in [0.15, 0.2) is 0 Å². The zero-order valence-electron chi connectivity index (χ0n) is 16.7. The van der Waals surface area contributed by atoms with Gasteiger partial charge in [-0.2, -0.15) is 0 Å². The molecule has 6 heteroatoms. The molecule has 1 aliphatic rings. The van der Waals surface area contributed by atoms with Gasteiger partial charge in [-0.15, -0.1) is 0 Å². The summed E-state index contributed by atoms with van der Waals surface area (Å²) in [6.07, 6.45) is -0.242. The summed E-state index contributed by atoms with van der Waals surface area (Å²) in [4.78, 5) is 17.2. The average molecular weight is 395 g/mol. The Bertz CT molecular complexity index is 637. The minimum absolute atomic E-state index is 0.154. The number of rotatable bonds is 1. The van der Waals surface area contributed by atoms with Crippen LogP contribution in [0.1, 0.15) is 47.1 Å². The smallest absolute Gasteiger partial charge is 0.410 e. The second-order valence-corrected chi connectivity index (χ2v) is 10.3. The Labute approximate surface area is 167 Å². The molecule has 2 rings (SSSR count). The van der Waals surface area contributed by atoms with E-state index >= 15 is 0 Å². The molecule has 0 aliphatic carbocycles. The molecule has 1 aromatic carbocycles. The van der Waals surface area contributed by atoms with E-state index in [1.165, 1.54) is 5.56 Å². The summed E-state index contributed by atoms with van der Waals surface area (Å²) in [5, 5.41) is 0. The molecule has 1 aromatic rings. The average Bonchev–Trinajstić information content (AvgIpc) is 2.53. The van der Waals surface area contributed by atoms with Crippen LogP contribution in [-0.4, -0.2) is 52.0 Å². The minimum atomic E-state index is -0.460. The Kier molecular flexibility index (Phi) is 6.61. The van der Waals surface area contributed by atoms with Crippen LogP contribution in [0.2, 0.25) is 0 Å². The van der Waals surface area contributed by atoms with Crippen LogP contribution in [0, 0.1) is 0 Å². The van der Waals surface area contributed by atoms with Crippen LogP contribution in [0.5, 0.6) is 0 Å². The number of piperazine rings is 1.